The zero-order chi connectivity index (χ0) is 12.7. The predicted octanol–water partition coefficient (Wildman–Crippen LogP) is 2.15. The first kappa shape index (κ1) is 10.5. The van der Waals surface area contributed by atoms with E-state index < -0.39 is 0 Å². The van der Waals surface area contributed by atoms with E-state index in [4.69, 9.17) is 5.41 Å². The van der Waals surface area contributed by atoms with Crippen LogP contribution in [0, 0.1) is 23.7 Å². The second-order valence-electron chi connectivity index (χ2n) is 4.11. The second-order valence-corrected chi connectivity index (χ2v) is 4.11. The normalized spacial score (nSPS) is 10.7. The molecule has 86 valence electrons. The van der Waals surface area contributed by atoms with Crippen molar-refractivity contribution in [1.82, 2.24) is 9.38 Å². The number of hydrogen-bond acceptors (Lipinski definition) is 3. The number of aromatic nitrogens is 2. The standard InChI is InChI=1S/C14H10N4/c1-9-13-12(8-15)10-4-2-3-5-11(10)14(16)18(13)7-6-17-9/h2-7,16H,1H3. The summed E-state index contributed by atoms with van der Waals surface area (Å²) in [5.74, 6) is 0. The average Bonchev–Trinajstić information content (AvgIpc) is 2.41. The molecule has 0 bridgehead atoms. The summed E-state index contributed by atoms with van der Waals surface area (Å²) >= 11 is 0. The monoisotopic (exact) mass is 234 g/mol. The van der Waals surface area contributed by atoms with Gasteiger partial charge in [-0.05, 0) is 6.92 Å². The van der Waals surface area contributed by atoms with Crippen LogP contribution in [0.3, 0.4) is 0 Å². The SMILES string of the molecule is Cc1nccn2c(=N)c3ccccc3c(C#N)c12. The van der Waals surface area contributed by atoms with Gasteiger partial charge in [0, 0.05) is 23.2 Å². The van der Waals surface area contributed by atoms with Crippen molar-refractivity contribution in [3.8, 4) is 6.07 Å². The number of benzene rings is 1. The van der Waals surface area contributed by atoms with E-state index in [1.54, 1.807) is 16.8 Å². The fourth-order valence-electron chi connectivity index (χ4n) is 2.29. The number of pyridine rings is 1. The van der Waals surface area contributed by atoms with E-state index in [1.165, 1.54) is 0 Å². The summed E-state index contributed by atoms with van der Waals surface area (Å²) in [6.07, 6.45) is 3.37. The minimum absolute atomic E-state index is 0.380. The highest BCUT2D eigenvalue weighted by Crippen LogP contribution is 2.20. The lowest BCUT2D eigenvalue weighted by atomic mass is 10.1. The molecule has 0 atom stereocenters. The Morgan fingerprint density at radius 2 is 2.00 bits per heavy atom. The Morgan fingerprint density at radius 3 is 2.72 bits per heavy atom. The maximum Gasteiger partial charge on any atom is 0.137 e. The quantitative estimate of drug-likeness (QED) is 0.606. The maximum absolute atomic E-state index is 9.40. The topological polar surface area (TPSA) is 64.9 Å². The highest BCUT2D eigenvalue weighted by atomic mass is 14.9. The number of rotatable bonds is 0. The van der Waals surface area contributed by atoms with E-state index in [1.807, 2.05) is 31.2 Å². The summed E-state index contributed by atoms with van der Waals surface area (Å²) in [4.78, 5) is 4.21. The molecule has 3 aromatic rings. The molecule has 0 saturated heterocycles. The van der Waals surface area contributed by atoms with Crippen LogP contribution in [-0.2, 0) is 0 Å². The molecule has 0 fully saturated rings. The van der Waals surface area contributed by atoms with Crippen molar-refractivity contribution >= 4 is 16.3 Å². The lowest BCUT2D eigenvalue weighted by Crippen LogP contribution is -2.16. The molecule has 0 aliphatic carbocycles. The summed E-state index contributed by atoms with van der Waals surface area (Å²) in [5, 5.41) is 19.2. The Hall–Kier alpha value is -2.67. The van der Waals surface area contributed by atoms with Crippen molar-refractivity contribution in [2.45, 2.75) is 6.92 Å². The second kappa shape index (κ2) is 3.67. The molecule has 0 unspecified atom stereocenters. The van der Waals surface area contributed by atoms with Crippen molar-refractivity contribution in [3.05, 3.63) is 53.4 Å². The van der Waals surface area contributed by atoms with Crippen LogP contribution in [-0.4, -0.2) is 9.38 Å². The van der Waals surface area contributed by atoms with Gasteiger partial charge in [0.2, 0.25) is 0 Å². The molecule has 1 N–H and O–H groups in total. The number of nitrogens with one attached hydrogen (secondary N) is 1. The number of nitrogens with zero attached hydrogens (tertiary/aromatic N) is 3. The average molecular weight is 234 g/mol. The van der Waals surface area contributed by atoms with Gasteiger partial charge in [-0.2, -0.15) is 5.26 Å². The third kappa shape index (κ3) is 1.25. The Balaban J connectivity index is 2.78. The van der Waals surface area contributed by atoms with Crippen molar-refractivity contribution in [3.63, 3.8) is 0 Å². The van der Waals surface area contributed by atoms with Crippen molar-refractivity contribution in [2.75, 3.05) is 0 Å². The Morgan fingerprint density at radius 1 is 1.28 bits per heavy atom. The zero-order valence-electron chi connectivity index (χ0n) is 9.81. The van der Waals surface area contributed by atoms with E-state index in [0.717, 1.165) is 16.5 Å². The molecular formula is C14H10N4. The molecule has 3 rings (SSSR count). The molecule has 0 amide bonds. The number of fused-ring (bicyclic) bond motifs is 2. The molecule has 4 heteroatoms. The molecule has 18 heavy (non-hydrogen) atoms. The van der Waals surface area contributed by atoms with Crippen molar-refractivity contribution in [1.29, 1.82) is 10.7 Å². The maximum atomic E-state index is 9.40. The smallest absolute Gasteiger partial charge is 0.137 e. The van der Waals surface area contributed by atoms with E-state index in [-0.39, 0.29) is 0 Å². The van der Waals surface area contributed by atoms with E-state index in [2.05, 4.69) is 11.1 Å². The molecule has 2 aromatic heterocycles. The summed E-state index contributed by atoms with van der Waals surface area (Å²) in [7, 11) is 0. The van der Waals surface area contributed by atoms with Crippen LogP contribution in [0.5, 0.6) is 0 Å². The van der Waals surface area contributed by atoms with Gasteiger partial charge in [0.15, 0.2) is 0 Å². The number of aryl methyl sites for hydroxylation is 1. The summed E-state index contributed by atoms with van der Waals surface area (Å²) in [6.45, 7) is 1.85. The summed E-state index contributed by atoms with van der Waals surface area (Å²) < 4.78 is 1.71. The van der Waals surface area contributed by atoms with Crippen LogP contribution >= 0.6 is 0 Å². The van der Waals surface area contributed by atoms with Crippen LogP contribution in [0.4, 0.5) is 0 Å². The minimum Gasteiger partial charge on any atom is -0.297 e. The Kier molecular flexibility index (Phi) is 2.14. The number of nitriles is 1. The van der Waals surface area contributed by atoms with Crippen LogP contribution in [0.1, 0.15) is 11.3 Å². The Labute approximate surface area is 103 Å². The van der Waals surface area contributed by atoms with Gasteiger partial charge < -0.3 is 0 Å². The predicted molar refractivity (Wildman–Crippen MR) is 68.0 cm³/mol. The van der Waals surface area contributed by atoms with Crippen LogP contribution in [0.25, 0.3) is 16.3 Å². The minimum atomic E-state index is 0.380. The first-order chi connectivity index (χ1) is 8.74. The highest BCUT2D eigenvalue weighted by Gasteiger charge is 2.11. The molecule has 0 aliphatic heterocycles. The first-order valence-electron chi connectivity index (χ1n) is 5.57. The van der Waals surface area contributed by atoms with Crippen LogP contribution in [0.15, 0.2) is 36.7 Å². The largest absolute Gasteiger partial charge is 0.297 e. The third-order valence-electron chi connectivity index (χ3n) is 3.11. The summed E-state index contributed by atoms with van der Waals surface area (Å²) in [5.41, 5.74) is 2.43. The fourth-order valence-corrected chi connectivity index (χ4v) is 2.29. The van der Waals surface area contributed by atoms with Crippen molar-refractivity contribution in [2.24, 2.45) is 0 Å². The van der Waals surface area contributed by atoms with Gasteiger partial charge in [-0.3, -0.25) is 14.8 Å². The van der Waals surface area contributed by atoms with Crippen LogP contribution in [0.2, 0.25) is 0 Å². The summed E-state index contributed by atoms with van der Waals surface area (Å²) in [6, 6.07) is 9.73. The van der Waals surface area contributed by atoms with Crippen LogP contribution < -0.4 is 5.49 Å². The van der Waals surface area contributed by atoms with Crippen molar-refractivity contribution < 1.29 is 0 Å². The molecule has 0 spiro atoms. The number of hydrogen-bond donors (Lipinski definition) is 1. The highest BCUT2D eigenvalue weighted by molar-refractivity contribution is 5.93. The zero-order valence-corrected chi connectivity index (χ0v) is 9.81. The Bertz CT molecular complexity index is 868. The molecule has 2 heterocycles. The molecular weight excluding hydrogens is 224 g/mol. The van der Waals surface area contributed by atoms with E-state index in [9.17, 15) is 5.26 Å². The van der Waals surface area contributed by atoms with Gasteiger partial charge in [0.25, 0.3) is 0 Å². The van der Waals surface area contributed by atoms with E-state index >= 15 is 0 Å². The van der Waals surface area contributed by atoms with Gasteiger partial charge in [0.05, 0.1) is 16.8 Å². The first-order valence-corrected chi connectivity index (χ1v) is 5.57. The van der Waals surface area contributed by atoms with Gasteiger partial charge in [-0.15, -0.1) is 0 Å². The molecule has 0 aliphatic rings. The fraction of sp³-hybridized carbons (Fsp3) is 0.0714. The molecule has 0 radical (unpaired) electrons. The molecule has 1 aromatic carbocycles. The lowest BCUT2D eigenvalue weighted by Gasteiger charge is -2.09. The molecule has 4 nitrogen and oxygen atoms in total. The van der Waals surface area contributed by atoms with Gasteiger partial charge >= 0.3 is 0 Å². The lowest BCUT2D eigenvalue weighted by molar-refractivity contribution is 0.987. The molecule has 0 saturated carbocycles. The van der Waals surface area contributed by atoms with E-state index in [0.29, 0.717) is 16.6 Å². The van der Waals surface area contributed by atoms with Gasteiger partial charge in [-0.25, -0.2) is 0 Å². The van der Waals surface area contributed by atoms with Gasteiger partial charge in [0.1, 0.15) is 11.6 Å². The van der Waals surface area contributed by atoms with Gasteiger partial charge in [-0.1, -0.05) is 24.3 Å². The third-order valence-corrected chi connectivity index (χ3v) is 3.11.